The van der Waals surface area contributed by atoms with Gasteiger partial charge >= 0.3 is 0 Å². The lowest BCUT2D eigenvalue weighted by Crippen LogP contribution is -2.59. The van der Waals surface area contributed by atoms with Gasteiger partial charge in [0.2, 0.25) is 11.8 Å². The van der Waals surface area contributed by atoms with Crippen LogP contribution in [-0.2, 0) is 14.3 Å². The molecule has 0 saturated carbocycles. The molecular formula is C11H20N4O4. The molecule has 1 aliphatic rings. The number of nitrogens with two attached hydrogens (primary N) is 1. The summed E-state index contributed by atoms with van der Waals surface area (Å²) in [6, 6.07) is -0.697. The highest BCUT2D eigenvalue weighted by molar-refractivity contribution is 6.07. The lowest BCUT2D eigenvalue weighted by atomic mass is 9.89. The molecule has 1 saturated heterocycles. The standard InChI is InChI=1S/C11H20N4O4/c1-11(2,9(12)14-18)10(17)15-4-5-19-6-7(15)8(16)13-3/h7,18H,4-6H2,1-3H3,(H2,12,14)(H,13,16). The number of hydrogen-bond donors (Lipinski definition) is 3. The topological polar surface area (TPSA) is 117 Å². The van der Waals surface area contributed by atoms with E-state index in [-0.39, 0.29) is 24.3 Å². The molecule has 0 aromatic rings. The van der Waals surface area contributed by atoms with Gasteiger partial charge in [0.05, 0.1) is 13.2 Å². The normalized spacial score (nSPS) is 21.1. The Morgan fingerprint density at radius 2 is 2.16 bits per heavy atom. The second kappa shape index (κ2) is 5.87. The minimum absolute atomic E-state index is 0.137. The van der Waals surface area contributed by atoms with Crippen molar-refractivity contribution in [2.24, 2.45) is 16.3 Å². The Kier molecular flexibility index (Phi) is 4.71. The lowest BCUT2D eigenvalue weighted by molar-refractivity contribution is -0.152. The molecule has 0 aromatic carbocycles. The van der Waals surface area contributed by atoms with Gasteiger partial charge < -0.3 is 25.9 Å². The number of amides is 2. The quantitative estimate of drug-likeness (QED) is 0.256. The summed E-state index contributed by atoms with van der Waals surface area (Å²) in [6.07, 6.45) is 0. The van der Waals surface area contributed by atoms with E-state index in [4.69, 9.17) is 15.7 Å². The van der Waals surface area contributed by atoms with Crippen LogP contribution in [0.25, 0.3) is 0 Å². The summed E-state index contributed by atoms with van der Waals surface area (Å²) in [5, 5.41) is 14.1. The predicted octanol–water partition coefficient (Wildman–Crippen LogP) is -1.27. The van der Waals surface area contributed by atoms with Crippen molar-refractivity contribution in [1.29, 1.82) is 0 Å². The molecule has 1 aliphatic heterocycles. The molecule has 1 atom stereocenters. The zero-order chi connectivity index (χ0) is 14.6. The van der Waals surface area contributed by atoms with Crippen molar-refractivity contribution < 1.29 is 19.5 Å². The van der Waals surface area contributed by atoms with E-state index >= 15 is 0 Å². The summed E-state index contributed by atoms with van der Waals surface area (Å²) in [5.74, 6) is -0.872. The van der Waals surface area contributed by atoms with Crippen molar-refractivity contribution in [3.8, 4) is 0 Å². The van der Waals surface area contributed by atoms with E-state index in [1.54, 1.807) is 13.8 Å². The fraction of sp³-hybridized carbons (Fsp3) is 0.727. The molecule has 108 valence electrons. The Morgan fingerprint density at radius 1 is 1.53 bits per heavy atom. The third-order valence-corrected chi connectivity index (χ3v) is 3.22. The third kappa shape index (κ3) is 2.95. The molecule has 8 heteroatoms. The number of nitrogens with zero attached hydrogens (tertiary/aromatic N) is 2. The average molecular weight is 272 g/mol. The first kappa shape index (κ1) is 15.2. The highest BCUT2D eigenvalue weighted by atomic mass is 16.5. The van der Waals surface area contributed by atoms with E-state index in [0.29, 0.717) is 13.2 Å². The fourth-order valence-corrected chi connectivity index (χ4v) is 1.82. The van der Waals surface area contributed by atoms with E-state index in [0.717, 1.165) is 0 Å². The summed E-state index contributed by atoms with van der Waals surface area (Å²) < 4.78 is 5.22. The van der Waals surface area contributed by atoms with E-state index in [9.17, 15) is 9.59 Å². The van der Waals surface area contributed by atoms with Crippen molar-refractivity contribution in [2.45, 2.75) is 19.9 Å². The molecule has 0 aromatic heterocycles. The first-order valence-electron chi connectivity index (χ1n) is 5.94. The lowest BCUT2D eigenvalue weighted by Gasteiger charge is -2.38. The Labute approximate surface area is 111 Å². The number of likely N-dealkylation sites (N-methyl/N-ethyl adjacent to an activating group) is 1. The van der Waals surface area contributed by atoms with Gasteiger partial charge in [-0.15, -0.1) is 0 Å². The molecule has 1 rings (SSSR count). The smallest absolute Gasteiger partial charge is 0.244 e. The number of morpholine rings is 1. The first-order valence-corrected chi connectivity index (χ1v) is 5.94. The van der Waals surface area contributed by atoms with Gasteiger partial charge in [0, 0.05) is 13.6 Å². The van der Waals surface area contributed by atoms with Crippen molar-refractivity contribution in [3.05, 3.63) is 0 Å². The van der Waals surface area contributed by atoms with Gasteiger partial charge in [-0.2, -0.15) is 0 Å². The molecule has 0 aliphatic carbocycles. The molecule has 0 bridgehead atoms. The van der Waals surface area contributed by atoms with Crippen LogP contribution in [0.15, 0.2) is 5.16 Å². The van der Waals surface area contributed by atoms with Crippen LogP contribution in [0.3, 0.4) is 0 Å². The van der Waals surface area contributed by atoms with Crippen molar-refractivity contribution in [1.82, 2.24) is 10.2 Å². The number of rotatable bonds is 3. The zero-order valence-corrected chi connectivity index (χ0v) is 11.3. The van der Waals surface area contributed by atoms with Gasteiger partial charge in [-0.3, -0.25) is 9.59 Å². The first-order chi connectivity index (χ1) is 8.86. The van der Waals surface area contributed by atoms with Crippen LogP contribution in [0.5, 0.6) is 0 Å². The fourth-order valence-electron chi connectivity index (χ4n) is 1.82. The van der Waals surface area contributed by atoms with Gasteiger partial charge in [0.15, 0.2) is 5.84 Å². The summed E-state index contributed by atoms with van der Waals surface area (Å²) >= 11 is 0. The van der Waals surface area contributed by atoms with E-state index in [2.05, 4.69) is 10.5 Å². The highest BCUT2D eigenvalue weighted by Gasteiger charge is 2.42. The number of hydrogen-bond acceptors (Lipinski definition) is 5. The number of nitrogens with one attached hydrogen (secondary N) is 1. The van der Waals surface area contributed by atoms with Crippen LogP contribution < -0.4 is 11.1 Å². The molecule has 1 fully saturated rings. The van der Waals surface area contributed by atoms with Crippen molar-refractivity contribution in [2.75, 3.05) is 26.8 Å². The number of ether oxygens (including phenoxy) is 1. The SMILES string of the molecule is CNC(=O)C1COCCN1C(=O)C(C)(C)C(N)=NO. The van der Waals surface area contributed by atoms with Crippen LogP contribution in [0, 0.1) is 5.41 Å². The van der Waals surface area contributed by atoms with Crippen molar-refractivity contribution in [3.63, 3.8) is 0 Å². The minimum Gasteiger partial charge on any atom is -0.409 e. The number of oxime groups is 1. The molecule has 0 spiro atoms. The number of carbonyl (C=O) groups excluding carboxylic acids is 2. The van der Waals surface area contributed by atoms with Crippen LogP contribution >= 0.6 is 0 Å². The zero-order valence-electron chi connectivity index (χ0n) is 11.3. The Bertz CT molecular complexity index is 394. The predicted molar refractivity (Wildman–Crippen MR) is 67.6 cm³/mol. The highest BCUT2D eigenvalue weighted by Crippen LogP contribution is 2.22. The Balaban J connectivity index is 2.98. The summed E-state index contributed by atoms with van der Waals surface area (Å²) in [5.41, 5.74) is 4.35. The number of carbonyl (C=O) groups is 2. The van der Waals surface area contributed by atoms with Gasteiger partial charge in [0.25, 0.3) is 0 Å². The van der Waals surface area contributed by atoms with Gasteiger partial charge in [-0.05, 0) is 13.8 Å². The Hall–Kier alpha value is -1.83. The molecule has 1 unspecified atom stereocenters. The maximum absolute atomic E-state index is 12.5. The second-order valence-corrected chi connectivity index (χ2v) is 4.81. The van der Waals surface area contributed by atoms with Gasteiger partial charge in [0.1, 0.15) is 11.5 Å². The average Bonchev–Trinajstić information content (AvgIpc) is 2.44. The van der Waals surface area contributed by atoms with Gasteiger partial charge in [-0.1, -0.05) is 5.16 Å². The van der Waals surface area contributed by atoms with E-state index < -0.39 is 11.5 Å². The van der Waals surface area contributed by atoms with Crippen LogP contribution in [0.2, 0.25) is 0 Å². The number of amidine groups is 1. The van der Waals surface area contributed by atoms with Gasteiger partial charge in [-0.25, -0.2) is 0 Å². The summed E-state index contributed by atoms with van der Waals surface area (Å²) in [4.78, 5) is 25.6. The monoisotopic (exact) mass is 272 g/mol. The van der Waals surface area contributed by atoms with Crippen LogP contribution in [-0.4, -0.2) is 60.6 Å². The molecule has 0 radical (unpaired) electrons. The molecular weight excluding hydrogens is 252 g/mol. The van der Waals surface area contributed by atoms with E-state index in [1.165, 1.54) is 11.9 Å². The molecule has 19 heavy (non-hydrogen) atoms. The van der Waals surface area contributed by atoms with E-state index in [1.807, 2.05) is 0 Å². The molecule has 8 nitrogen and oxygen atoms in total. The summed E-state index contributed by atoms with van der Waals surface area (Å²) in [6.45, 7) is 3.86. The van der Waals surface area contributed by atoms with Crippen molar-refractivity contribution >= 4 is 17.6 Å². The van der Waals surface area contributed by atoms with Crippen LogP contribution in [0.1, 0.15) is 13.8 Å². The Morgan fingerprint density at radius 3 is 2.68 bits per heavy atom. The maximum atomic E-state index is 12.5. The molecule has 1 heterocycles. The van der Waals surface area contributed by atoms with Crippen LogP contribution in [0.4, 0.5) is 0 Å². The third-order valence-electron chi connectivity index (χ3n) is 3.22. The second-order valence-electron chi connectivity index (χ2n) is 4.81. The summed E-state index contributed by atoms with van der Waals surface area (Å²) in [7, 11) is 1.49. The largest absolute Gasteiger partial charge is 0.409 e. The molecule has 2 amide bonds. The maximum Gasteiger partial charge on any atom is 0.244 e. The molecule has 4 N–H and O–H groups in total. The minimum atomic E-state index is -1.18.